The van der Waals surface area contributed by atoms with E-state index in [1.54, 1.807) is 0 Å². The fourth-order valence-electron chi connectivity index (χ4n) is 2.31. The summed E-state index contributed by atoms with van der Waals surface area (Å²) in [6.45, 7) is 10.1. The number of rotatable bonds is 9. The molecule has 1 rings (SSSR count). The Morgan fingerprint density at radius 3 is 2.88 bits per heavy atom. The van der Waals surface area contributed by atoms with Gasteiger partial charge < -0.3 is 15.0 Å². The molecule has 1 heterocycles. The number of hydrogen-bond donors (Lipinski definition) is 1. The lowest BCUT2D eigenvalue weighted by Gasteiger charge is -2.21. The van der Waals surface area contributed by atoms with Gasteiger partial charge in [0.1, 0.15) is 0 Å². The monoisotopic (exact) mass is 240 g/mol. The molecule has 2 unspecified atom stereocenters. The normalized spacial score (nSPS) is 24.4. The molecule has 0 amide bonds. The number of nitrogens with one attached hydrogen (secondary N) is 1. The molecule has 1 saturated heterocycles. The molecule has 0 radical (unpaired) electrons. The highest BCUT2D eigenvalue weighted by atomic mass is 16.5. The Kier molecular flexibility index (Phi) is 7.49. The van der Waals surface area contributed by atoms with E-state index < -0.39 is 0 Å². The highest BCUT2D eigenvalue weighted by Crippen LogP contribution is 2.19. The smallest absolute Gasteiger partial charge is 0.0707 e. The van der Waals surface area contributed by atoms with Gasteiger partial charge in [-0.05, 0) is 45.8 Å². The van der Waals surface area contributed by atoms with Gasteiger partial charge in [0, 0.05) is 13.1 Å². The van der Waals surface area contributed by atoms with Crippen molar-refractivity contribution in [3.63, 3.8) is 0 Å². The van der Waals surface area contributed by atoms with Crippen LogP contribution >= 0.6 is 0 Å². The SMILES string of the molecule is C=CCCCN(C)CC1CCC(CNCC)O1. The van der Waals surface area contributed by atoms with Crippen LogP contribution in [-0.2, 0) is 4.74 Å². The predicted molar refractivity (Wildman–Crippen MR) is 73.4 cm³/mol. The van der Waals surface area contributed by atoms with Crippen LogP contribution in [0.25, 0.3) is 0 Å². The number of likely N-dealkylation sites (N-methyl/N-ethyl adjacent to an activating group) is 2. The van der Waals surface area contributed by atoms with Gasteiger partial charge in [0.05, 0.1) is 12.2 Å². The minimum Gasteiger partial charge on any atom is -0.372 e. The van der Waals surface area contributed by atoms with Gasteiger partial charge in [-0.25, -0.2) is 0 Å². The Morgan fingerprint density at radius 2 is 2.18 bits per heavy atom. The number of nitrogens with zero attached hydrogens (tertiary/aromatic N) is 1. The minimum atomic E-state index is 0.432. The summed E-state index contributed by atoms with van der Waals surface area (Å²) in [4.78, 5) is 2.38. The van der Waals surface area contributed by atoms with Crippen LogP contribution in [-0.4, -0.2) is 50.3 Å². The maximum absolute atomic E-state index is 6.02. The average molecular weight is 240 g/mol. The van der Waals surface area contributed by atoms with Gasteiger partial charge in [-0.15, -0.1) is 6.58 Å². The number of unbranched alkanes of at least 4 members (excludes halogenated alkanes) is 1. The second-order valence-electron chi connectivity index (χ2n) is 4.96. The second-order valence-corrected chi connectivity index (χ2v) is 4.96. The van der Waals surface area contributed by atoms with E-state index in [1.165, 1.54) is 19.3 Å². The Bertz CT molecular complexity index is 208. The molecule has 0 aliphatic carbocycles. The topological polar surface area (TPSA) is 24.5 Å². The van der Waals surface area contributed by atoms with Gasteiger partial charge in [0.2, 0.25) is 0 Å². The van der Waals surface area contributed by atoms with Crippen molar-refractivity contribution in [1.29, 1.82) is 0 Å². The molecular weight excluding hydrogens is 212 g/mol. The lowest BCUT2D eigenvalue weighted by Crippen LogP contribution is -2.32. The molecule has 0 aromatic carbocycles. The summed E-state index contributed by atoms with van der Waals surface area (Å²) in [5, 5.41) is 3.36. The molecule has 0 spiro atoms. The predicted octanol–water partition coefficient (Wildman–Crippen LogP) is 2.04. The fraction of sp³-hybridized carbons (Fsp3) is 0.857. The summed E-state index contributed by atoms with van der Waals surface area (Å²) in [6, 6.07) is 0. The third-order valence-corrected chi connectivity index (χ3v) is 3.28. The largest absolute Gasteiger partial charge is 0.372 e. The molecule has 1 aliphatic rings. The van der Waals surface area contributed by atoms with E-state index in [0.29, 0.717) is 12.2 Å². The first-order valence-corrected chi connectivity index (χ1v) is 6.91. The highest BCUT2D eigenvalue weighted by molar-refractivity contribution is 4.77. The van der Waals surface area contributed by atoms with Crippen LogP contribution in [0.3, 0.4) is 0 Å². The standard InChI is InChI=1S/C14H28N2O/c1-4-6-7-10-16(3)12-14-9-8-13(17-14)11-15-5-2/h4,13-15H,1,5-12H2,2-3H3. The van der Waals surface area contributed by atoms with Crippen molar-refractivity contribution in [2.75, 3.05) is 33.2 Å². The first-order chi connectivity index (χ1) is 8.26. The molecule has 1 N–H and O–H groups in total. The molecule has 17 heavy (non-hydrogen) atoms. The van der Waals surface area contributed by atoms with E-state index >= 15 is 0 Å². The van der Waals surface area contributed by atoms with Crippen LogP contribution in [0, 0.1) is 0 Å². The van der Waals surface area contributed by atoms with Crippen LogP contribution in [0.2, 0.25) is 0 Å². The molecule has 3 nitrogen and oxygen atoms in total. The molecule has 3 heteroatoms. The van der Waals surface area contributed by atoms with Crippen molar-refractivity contribution in [2.24, 2.45) is 0 Å². The molecule has 0 bridgehead atoms. The van der Waals surface area contributed by atoms with E-state index in [1.807, 2.05) is 6.08 Å². The van der Waals surface area contributed by atoms with E-state index in [2.05, 4.69) is 30.8 Å². The average Bonchev–Trinajstić information content (AvgIpc) is 2.74. The van der Waals surface area contributed by atoms with Crippen molar-refractivity contribution >= 4 is 0 Å². The number of ether oxygens (including phenoxy) is 1. The second kappa shape index (κ2) is 8.67. The highest BCUT2D eigenvalue weighted by Gasteiger charge is 2.25. The maximum atomic E-state index is 6.02. The van der Waals surface area contributed by atoms with E-state index in [4.69, 9.17) is 4.74 Å². The zero-order chi connectivity index (χ0) is 12.5. The minimum absolute atomic E-state index is 0.432. The summed E-state index contributed by atoms with van der Waals surface area (Å²) in [5.41, 5.74) is 0. The molecule has 0 saturated carbocycles. The first kappa shape index (κ1) is 14.7. The van der Waals surface area contributed by atoms with Gasteiger partial charge in [-0.3, -0.25) is 0 Å². The third-order valence-electron chi connectivity index (χ3n) is 3.28. The molecule has 2 atom stereocenters. The lowest BCUT2D eigenvalue weighted by molar-refractivity contribution is 0.0280. The molecular formula is C14H28N2O. The summed E-state index contributed by atoms with van der Waals surface area (Å²) < 4.78 is 6.02. The van der Waals surface area contributed by atoms with Gasteiger partial charge in [-0.2, -0.15) is 0 Å². The van der Waals surface area contributed by atoms with Gasteiger partial charge in [0.15, 0.2) is 0 Å². The molecule has 0 aromatic heterocycles. The third kappa shape index (κ3) is 6.20. The number of hydrogen-bond acceptors (Lipinski definition) is 3. The van der Waals surface area contributed by atoms with E-state index in [9.17, 15) is 0 Å². The van der Waals surface area contributed by atoms with Crippen molar-refractivity contribution < 1.29 is 4.74 Å². The van der Waals surface area contributed by atoms with Crippen molar-refractivity contribution in [1.82, 2.24) is 10.2 Å². The molecule has 100 valence electrons. The Morgan fingerprint density at radius 1 is 1.41 bits per heavy atom. The summed E-state index contributed by atoms with van der Waals surface area (Å²) in [5.74, 6) is 0. The molecule has 0 aromatic rings. The maximum Gasteiger partial charge on any atom is 0.0707 e. The fourth-order valence-corrected chi connectivity index (χ4v) is 2.31. The first-order valence-electron chi connectivity index (χ1n) is 6.91. The van der Waals surface area contributed by atoms with Crippen molar-refractivity contribution in [3.8, 4) is 0 Å². The zero-order valence-electron chi connectivity index (χ0n) is 11.5. The van der Waals surface area contributed by atoms with Crippen LogP contribution in [0.5, 0.6) is 0 Å². The zero-order valence-corrected chi connectivity index (χ0v) is 11.5. The van der Waals surface area contributed by atoms with Crippen LogP contribution in [0.1, 0.15) is 32.6 Å². The van der Waals surface area contributed by atoms with E-state index in [-0.39, 0.29) is 0 Å². The lowest BCUT2D eigenvalue weighted by atomic mass is 10.2. The van der Waals surface area contributed by atoms with E-state index in [0.717, 1.165) is 32.6 Å². The van der Waals surface area contributed by atoms with Gasteiger partial charge >= 0.3 is 0 Å². The summed E-state index contributed by atoms with van der Waals surface area (Å²) in [6.07, 6.45) is 7.59. The van der Waals surface area contributed by atoms with Crippen LogP contribution < -0.4 is 5.32 Å². The molecule has 1 fully saturated rings. The van der Waals surface area contributed by atoms with Crippen LogP contribution in [0.4, 0.5) is 0 Å². The Labute approximate surface area is 106 Å². The van der Waals surface area contributed by atoms with Gasteiger partial charge in [-0.1, -0.05) is 13.0 Å². The Hall–Kier alpha value is -0.380. The Balaban J connectivity index is 2.09. The van der Waals surface area contributed by atoms with Gasteiger partial charge in [0.25, 0.3) is 0 Å². The summed E-state index contributed by atoms with van der Waals surface area (Å²) >= 11 is 0. The van der Waals surface area contributed by atoms with Crippen LogP contribution in [0.15, 0.2) is 12.7 Å². The number of allylic oxidation sites excluding steroid dienone is 1. The van der Waals surface area contributed by atoms with Crippen molar-refractivity contribution in [3.05, 3.63) is 12.7 Å². The summed E-state index contributed by atoms with van der Waals surface area (Å²) in [7, 11) is 2.18. The molecule has 1 aliphatic heterocycles. The quantitative estimate of drug-likeness (QED) is 0.493. The van der Waals surface area contributed by atoms with Crippen molar-refractivity contribution in [2.45, 2.75) is 44.8 Å².